The molecule has 0 aliphatic heterocycles. The van der Waals surface area contributed by atoms with Gasteiger partial charge in [-0.05, 0) is 34.1 Å². The fourth-order valence-electron chi connectivity index (χ4n) is 2.17. The van der Waals surface area contributed by atoms with E-state index in [1.165, 1.54) is 0 Å². The van der Waals surface area contributed by atoms with Crippen molar-refractivity contribution in [3.05, 3.63) is 28.9 Å². The van der Waals surface area contributed by atoms with Crippen molar-refractivity contribution < 1.29 is 9.84 Å². The van der Waals surface area contributed by atoms with E-state index in [4.69, 9.17) is 10.5 Å². The molecule has 0 saturated heterocycles. The number of pyridine rings is 1. The number of halogens is 1. The molecule has 0 aliphatic carbocycles. The molecular weight excluding hydrogens is 322 g/mol. The van der Waals surface area contributed by atoms with Gasteiger partial charge >= 0.3 is 0 Å². The van der Waals surface area contributed by atoms with E-state index in [0.29, 0.717) is 18.8 Å². The molecule has 6 heteroatoms. The second kappa shape index (κ2) is 6.39. The van der Waals surface area contributed by atoms with Crippen LogP contribution in [0.25, 0.3) is 10.9 Å². The third-order valence-corrected chi connectivity index (χ3v) is 3.52. The summed E-state index contributed by atoms with van der Waals surface area (Å²) in [7, 11) is 3.48. The number of benzene rings is 1. The van der Waals surface area contributed by atoms with Gasteiger partial charge in [0, 0.05) is 42.4 Å². The van der Waals surface area contributed by atoms with E-state index in [1.807, 2.05) is 30.1 Å². The standard InChI is InChI=1S/C14H18BrN3O2/c1-18(7-10(19)8-20-2)13-4-3-12(16)11-5-9(15)6-17-14(11)13/h3-6,10,19H,7-8,16H2,1-2H3. The number of hydrogen-bond acceptors (Lipinski definition) is 5. The molecule has 0 amide bonds. The maximum absolute atomic E-state index is 9.83. The zero-order chi connectivity index (χ0) is 14.7. The summed E-state index contributed by atoms with van der Waals surface area (Å²) in [6, 6.07) is 5.71. The molecule has 20 heavy (non-hydrogen) atoms. The van der Waals surface area contributed by atoms with Gasteiger partial charge in [-0.2, -0.15) is 0 Å². The van der Waals surface area contributed by atoms with Crippen LogP contribution in [0.1, 0.15) is 0 Å². The van der Waals surface area contributed by atoms with Gasteiger partial charge in [-0.15, -0.1) is 0 Å². The summed E-state index contributed by atoms with van der Waals surface area (Å²) < 4.78 is 5.83. The summed E-state index contributed by atoms with van der Waals surface area (Å²) >= 11 is 3.40. The SMILES string of the molecule is COCC(O)CN(C)c1ccc(N)c2cc(Br)cnc12. The first kappa shape index (κ1) is 15.0. The molecule has 0 aliphatic rings. The highest BCUT2D eigenvalue weighted by molar-refractivity contribution is 9.10. The summed E-state index contributed by atoms with van der Waals surface area (Å²) in [5.74, 6) is 0. The van der Waals surface area contributed by atoms with E-state index in [0.717, 1.165) is 21.1 Å². The second-order valence-corrected chi connectivity index (χ2v) is 5.63. The number of rotatable bonds is 5. The van der Waals surface area contributed by atoms with E-state index in [1.54, 1.807) is 13.3 Å². The lowest BCUT2D eigenvalue weighted by Crippen LogP contribution is -2.32. The number of nitrogens with two attached hydrogens (primary N) is 1. The van der Waals surface area contributed by atoms with E-state index < -0.39 is 6.10 Å². The number of anilines is 2. The van der Waals surface area contributed by atoms with Crippen molar-refractivity contribution in [1.82, 2.24) is 4.98 Å². The minimum atomic E-state index is -0.548. The van der Waals surface area contributed by atoms with Gasteiger partial charge in [-0.1, -0.05) is 0 Å². The number of aliphatic hydroxyl groups excluding tert-OH is 1. The van der Waals surface area contributed by atoms with Gasteiger partial charge in [0.2, 0.25) is 0 Å². The first-order valence-corrected chi connectivity index (χ1v) is 7.04. The van der Waals surface area contributed by atoms with Gasteiger partial charge in [-0.25, -0.2) is 0 Å². The number of fused-ring (bicyclic) bond motifs is 1. The van der Waals surface area contributed by atoms with Crippen molar-refractivity contribution in [1.29, 1.82) is 0 Å². The molecule has 1 atom stereocenters. The molecule has 5 nitrogen and oxygen atoms in total. The first-order valence-electron chi connectivity index (χ1n) is 6.24. The van der Waals surface area contributed by atoms with Crippen LogP contribution in [0.5, 0.6) is 0 Å². The Labute approximate surface area is 126 Å². The van der Waals surface area contributed by atoms with Crippen molar-refractivity contribution in [2.24, 2.45) is 0 Å². The average Bonchev–Trinajstić information content (AvgIpc) is 2.39. The number of aliphatic hydroxyl groups is 1. The number of nitrogen functional groups attached to an aromatic ring is 1. The van der Waals surface area contributed by atoms with E-state index in [-0.39, 0.29) is 0 Å². The molecule has 2 rings (SSSR count). The zero-order valence-corrected chi connectivity index (χ0v) is 13.1. The smallest absolute Gasteiger partial charge is 0.0956 e. The zero-order valence-electron chi connectivity index (χ0n) is 11.5. The van der Waals surface area contributed by atoms with Gasteiger partial charge in [0.1, 0.15) is 0 Å². The Hall–Kier alpha value is -1.37. The van der Waals surface area contributed by atoms with Gasteiger partial charge in [0.25, 0.3) is 0 Å². The molecule has 0 radical (unpaired) electrons. The Kier molecular flexibility index (Phi) is 4.80. The van der Waals surface area contributed by atoms with Crippen LogP contribution in [0.2, 0.25) is 0 Å². The molecule has 0 spiro atoms. The largest absolute Gasteiger partial charge is 0.398 e. The van der Waals surface area contributed by atoms with Crippen LogP contribution in [0.3, 0.4) is 0 Å². The molecule has 0 saturated carbocycles. The lowest BCUT2D eigenvalue weighted by atomic mass is 10.1. The maximum atomic E-state index is 9.83. The van der Waals surface area contributed by atoms with E-state index in [9.17, 15) is 5.11 Å². The Bertz CT molecular complexity index is 606. The number of hydrogen-bond donors (Lipinski definition) is 2. The number of nitrogens with zero attached hydrogens (tertiary/aromatic N) is 2. The molecule has 1 heterocycles. The fourth-order valence-corrected chi connectivity index (χ4v) is 2.50. The molecule has 2 aromatic rings. The Morgan fingerprint density at radius 2 is 2.25 bits per heavy atom. The summed E-state index contributed by atoms with van der Waals surface area (Å²) in [6.45, 7) is 0.765. The van der Waals surface area contributed by atoms with Crippen LogP contribution in [0, 0.1) is 0 Å². The number of aromatic nitrogens is 1. The Morgan fingerprint density at radius 1 is 1.50 bits per heavy atom. The lowest BCUT2D eigenvalue weighted by molar-refractivity contribution is 0.0695. The molecule has 0 fully saturated rings. The van der Waals surface area contributed by atoms with Crippen molar-refractivity contribution in [3.63, 3.8) is 0 Å². The highest BCUT2D eigenvalue weighted by Crippen LogP contribution is 2.30. The number of likely N-dealkylation sites (N-methyl/N-ethyl adjacent to an activating group) is 1. The Morgan fingerprint density at radius 3 is 2.95 bits per heavy atom. The number of methoxy groups -OCH3 is 1. The quantitative estimate of drug-likeness (QED) is 0.815. The van der Waals surface area contributed by atoms with Gasteiger partial charge in [-0.3, -0.25) is 4.98 Å². The third kappa shape index (κ3) is 3.20. The van der Waals surface area contributed by atoms with Crippen LogP contribution in [-0.4, -0.2) is 43.5 Å². The van der Waals surface area contributed by atoms with Crippen LogP contribution in [0.15, 0.2) is 28.9 Å². The highest BCUT2D eigenvalue weighted by Gasteiger charge is 2.13. The van der Waals surface area contributed by atoms with Crippen LogP contribution in [-0.2, 0) is 4.74 Å². The minimum Gasteiger partial charge on any atom is -0.398 e. The molecular formula is C14H18BrN3O2. The summed E-state index contributed by atoms with van der Waals surface area (Å²) in [4.78, 5) is 6.39. The normalized spacial score (nSPS) is 12.6. The number of ether oxygens (including phenoxy) is 1. The fraction of sp³-hybridized carbons (Fsp3) is 0.357. The van der Waals surface area contributed by atoms with E-state index in [2.05, 4.69) is 20.9 Å². The first-order chi connectivity index (χ1) is 9.52. The second-order valence-electron chi connectivity index (χ2n) is 4.71. The molecule has 108 valence electrons. The molecule has 0 bridgehead atoms. The van der Waals surface area contributed by atoms with Crippen molar-refractivity contribution in [2.45, 2.75) is 6.10 Å². The summed E-state index contributed by atoms with van der Waals surface area (Å²) in [5.41, 5.74) is 8.43. The van der Waals surface area contributed by atoms with Crippen LogP contribution < -0.4 is 10.6 Å². The molecule has 1 aromatic carbocycles. The predicted octanol–water partition coefficient (Wildman–Crippen LogP) is 2.02. The summed E-state index contributed by atoms with van der Waals surface area (Å²) in [6.07, 6.45) is 1.19. The molecule has 3 N–H and O–H groups in total. The van der Waals surface area contributed by atoms with Crippen molar-refractivity contribution in [3.8, 4) is 0 Å². The molecule has 1 aromatic heterocycles. The van der Waals surface area contributed by atoms with Crippen molar-refractivity contribution >= 4 is 38.2 Å². The highest BCUT2D eigenvalue weighted by atomic mass is 79.9. The van der Waals surface area contributed by atoms with Crippen LogP contribution in [0.4, 0.5) is 11.4 Å². The minimum absolute atomic E-state index is 0.302. The van der Waals surface area contributed by atoms with Crippen molar-refractivity contribution in [2.75, 3.05) is 37.9 Å². The predicted molar refractivity (Wildman–Crippen MR) is 85.0 cm³/mol. The average molecular weight is 340 g/mol. The maximum Gasteiger partial charge on any atom is 0.0956 e. The third-order valence-electron chi connectivity index (χ3n) is 3.08. The topological polar surface area (TPSA) is 71.6 Å². The van der Waals surface area contributed by atoms with E-state index >= 15 is 0 Å². The molecule has 1 unspecified atom stereocenters. The van der Waals surface area contributed by atoms with Gasteiger partial charge in [0.15, 0.2) is 0 Å². The Balaban J connectivity index is 2.37. The monoisotopic (exact) mass is 339 g/mol. The lowest BCUT2D eigenvalue weighted by Gasteiger charge is -2.23. The van der Waals surface area contributed by atoms with Gasteiger partial charge < -0.3 is 20.5 Å². The van der Waals surface area contributed by atoms with Crippen LogP contribution >= 0.6 is 15.9 Å². The summed E-state index contributed by atoms with van der Waals surface area (Å²) in [5, 5.41) is 10.7. The van der Waals surface area contributed by atoms with Gasteiger partial charge in [0.05, 0.1) is 23.9 Å².